The van der Waals surface area contributed by atoms with Crippen LogP contribution in [0.25, 0.3) is 11.5 Å². The van der Waals surface area contributed by atoms with Crippen molar-refractivity contribution in [3.8, 4) is 11.5 Å². The molecule has 0 saturated carbocycles. The number of oxazole rings is 1. The molecule has 0 aliphatic rings. The second-order valence-corrected chi connectivity index (χ2v) is 4.08. The lowest BCUT2D eigenvalue weighted by Gasteiger charge is -2.13. The summed E-state index contributed by atoms with van der Waals surface area (Å²) in [5.41, 5.74) is -3.40. The minimum atomic E-state index is -4.94. The van der Waals surface area contributed by atoms with E-state index in [1.165, 1.54) is 0 Å². The van der Waals surface area contributed by atoms with Crippen LogP contribution in [0.15, 0.2) is 28.8 Å². The summed E-state index contributed by atoms with van der Waals surface area (Å²) in [6, 6.07) is 1.02. The molecule has 1 heterocycles. The predicted molar refractivity (Wildman–Crippen MR) is 57.9 cm³/mol. The number of aliphatic hydroxyl groups excluding tert-OH is 1. The summed E-state index contributed by atoms with van der Waals surface area (Å²) in [6.07, 6.45) is -8.87. The molecule has 1 N–H and O–H groups in total. The highest BCUT2D eigenvalue weighted by Gasteiger charge is 2.37. The van der Waals surface area contributed by atoms with Crippen molar-refractivity contribution in [3.63, 3.8) is 0 Å². The van der Waals surface area contributed by atoms with Gasteiger partial charge in [0.25, 0.3) is 0 Å². The fourth-order valence-electron chi connectivity index (χ4n) is 1.59. The van der Waals surface area contributed by atoms with Gasteiger partial charge in [0.15, 0.2) is 0 Å². The molecule has 0 aliphatic carbocycles. The van der Waals surface area contributed by atoms with Crippen LogP contribution in [0.3, 0.4) is 0 Å². The number of hydrogen-bond acceptors (Lipinski definition) is 3. The molecule has 0 amide bonds. The zero-order chi connectivity index (χ0) is 15.8. The van der Waals surface area contributed by atoms with Crippen LogP contribution in [0.4, 0.5) is 26.3 Å². The fraction of sp³-hybridized carbons (Fsp3) is 0.250. The lowest BCUT2D eigenvalue weighted by molar-refractivity contribution is -0.143. The predicted octanol–water partition coefficient (Wildman–Crippen LogP) is 3.87. The molecule has 0 saturated heterocycles. The largest absolute Gasteiger partial charge is 0.439 e. The first-order valence-electron chi connectivity index (χ1n) is 5.46. The highest BCUT2D eigenvalue weighted by molar-refractivity contribution is 5.57. The van der Waals surface area contributed by atoms with Gasteiger partial charge in [-0.25, -0.2) is 4.98 Å². The number of aromatic nitrogens is 1. The number of rotatable bonds is 2. The molecule has 9 heteroatoms. The summed E-state index contributed by atoms with van der Waals surface area (Å²) in [7, 11) is 0. The zero-order valence-electron chi connectivity index (χ0n) is 10.1. The van der Waals surface area contributed by atoms with Crippen molar-refractivity contribution in [1.82, 2.24) is 4.98 Å². The zero-order valence-corrected chi connectivity index (χ0v) is 10.1. The van der Waals surface area contributed by atoms with Gasteiger partial charge in [-0.15, -0.1) is 0 Å². The molecule has 1 aromatic heterocycles. The molecular weight excluding hydrogens is 304 g/mol. The van der Waals surface area contributed by atoms with E-state index in [4.69, 9.17) is 9.52 Å². The third-order valence-electron chi connectivity index (χ3n) is 2.54. The number of benzene rings is 1. The molecule has 0 unspecified atom stereocenters. The number of nitrogens with zero attached hydrogens (tertiary/aromatic N) is 1. The first kappa shape index (κ1) is 15.4. The van der Waals surface area contributed by atoms with E-state index in [1.54, 1.807) is 0 Å². The number of alkyl halides is 6. The van der Waals surface area contributed by atoms with Gasteiger partial charge in [-0.2, -0.15) is 26.3 Å². The maximum atomic E-state index is 12.7. The van der Waals surface area contributed by atoms with Crippen molar-refractivity contribution >= 4 is 0 Å². The van der Waals surface area contributed by atoms with E-state index in [1.807, 2.05) is 0 Å². The molecule has 21 heavy (non-hydrogen) atoms. The average Bonchev–Trinajstić information content (AvgIpc) is 2.85. The van der Waals surface area contributed by atoms with Crippen LogP contribution < -0.4 is 0 Å². The lowest BCUT2D eigenvalue weighted by atomic mass is 10.0. The molecule has 0 spiro atoms. The summed E-state index contributed by atoms with van der Waals surface area (Å²) >= 11 is 0. The first-order chi connectivity index (χ1) is 9.61. The van der Waals surface area contributed by atoms with Gasteiger partial charge in [-0.05, 0) is 18.2 Å². The molecule has 2 rings (SSSR count). The smallest absolute Gasteiger partial charge is 0.416 e. The second-order valence-electron chi connectivity index (χ2n) is 4.08. The Morgan fingerprint density at radius 2 is 1.48 bits per heavy atom. The maximum absolute atomic E-state index is 12.7. The van der Waals surface area contributed by atoms with Crippen LogP contribution in [0, 0.1) is 0 Å². The van der Waals surface area contributed by atoms with Crippen LogP contribution in [0.1, 0.15) is 16.9 Å². The Bertz CT molecular complexity index is 612. The van der Waals surface area contributed by atoms with Crippen molar-refractivity contribution in [2.24, 2.45) is 0 Å². The Hall–Kier alpha value is -2.03. The summed E-state index contributed by atoms with van der Waals surface area (Å²) < 4.78 is 80.8. The van der Waals surface area contributed by atoms with Gasteiger partial charge >= 0.3 is 12.4 Å². The van der Waals surface area contributed by atoms with Gasteiger partial charge in [0.2, 0.25) is 5.89 Å². The van der Waals surface area contributed by atoms with E-state index in [9.17, 15) is 26.3 Å². The van der Waals surface area contributed by atoms with Gasteiger partial charge in [0.05, 0.1) is 17.3 Å². The first-order valence-corrected chi connectivity index (χ1v) is 5.46. The van der Waals surface area contributed by atoms with Gasteiger partial charge in [0.1, 0.15) is 12.4 Å². The van der Waals surface area contributed by atoms with E-state index < -0.39 is 41.5 Å². The van der Waals surface area contributed by atoms with Gasteiger partial charge < -0.3 is 9.52 Å². The minimum Gasteiger partial charge on any atom is -0.439 e. The summed E-state index contributed by atoms with van der Waals surface area (Å²) in [6.45, 7) is -0.571. The van der Waals surface area contributed by atoms with Crippen LogP contribution >= 0.6 is 0 Å². The Morgan fingerprint density at radius 3 is 1.86 bits per heavy atom. The molecule has 0 fully saturated rings. The van der Waals surface area contributed by atoms with Crippen LogP contribution in [-0.4, -0.2) is 10.1 Å². The van der Waals surface area contributed by atoms with E-state index >= 15 is 0 Å². The van der Waals surface area contributed by atoms with Crippen molar-refractivity contribution < 1.29 is 35.9 Å². The Morgan fingerprint density at radius 1 is 0.952 bits per heavy atom. The SMILES string of the molecule is OCc1cnc(-c2cc(C(F)(F)F)cc(C(F)(F)F)c2)o1. The Balaban J connectivity index is 2.60. The Kier molecular flexibility index (Phi) is 3.70. The minimum absolute atomic E-state index is 0.0133. The van der Waals surface area contributed by atoms with Crippen molar-refractivity contribution in [2.45, 2.75) is 19.0 Å². The summed E-state index contributed by atoms with van der Waals surface area (Å²) in [5, 5.41) is 8.77. The second kappa shape index (κ2) is 5.06. The molecular formula is C12H7F6NO2. The van der Waals surface area contributed by atoms with Crippen LogP contribution in [-0.2, 0) is 19.0 Å². The Labute approximate surface area is 113 Å². The standard InChI is InChI=1S/C12H7F6NO2/c13-11(14,15)7-1-6(2-8(3-7)12(16,17)18)10-19-4-9(5-20)21-10/h1-4,20H,5H2. The monoisotopic (exact) mass is 311 g/mol. The average molecular weight is 311 g/mol. The highest BCUT2D eigenvalue weighted by atomic mass is 19.4. The van der Waals surface area contributed by atoms with Crippen molar-refractivity contribution in [1.29, 1.82) is 0 Å². The summed E-state index contributed by atoms with van der Waals surface area (Å²) in [4.78, 5) is 3.54. The molecule has 1 aromatic carbocycles. The lowest BCUT2D eigenvalue weighted by Crippen LogP contribution is -2.11. The molecule has 0 atom stereocenters. The van der Waals surface area contributed by atoms with Gasteiger partial charge in [-0.1, -0.05) is 0 Å². The number of hydrogen-bond donors (Lipinski definition) is 1. The van der Waals surface area contributed by atoms with Crippen molar-refractivity contribution in [2.75, 3.05) is 0 Å². The maximum Gasteiger partial charge on any atom is 0.416 e. The van der Waals surface area contributed by atoms with E-state index in [0.29, 0.717) is 12.1 Å². The van der Waals surface area contributed by atoms with Gasteiger partial charge in [0, 0.05) is 5.56 Å². The normalized spacial score (nSPS) is 12.7. The van der Waals surface area contributed by atoms with Crippen LogP contribution in [0.5, 0.6) is 0 Å². The molecule has 114 valence electrons. The van der Waals surface area contributed by atoms with Crippen molar-refractivity contribution in [3.05, 3.63) is 41.3 Å². The van der Waals surface area contributed by atoms with E-state index in [0.717, 1.165) is 6.20 Å². The highest BCUT2D eigenvalue weighted by Crippen LogP contribution is 2.38. The van der Waals surface area contributed by atoms with Crippen LogP contribution in [0.2, 0.25) is 0 Å². The van der Waals surface area contributed by atoms with E-state index in [2.05, 4.69) is 4.98 Å². The number of aliphatic hydroxyl groups is 1. The van der Waals surface area contributed by atoms with E-state index in [-0.39, 0.29) is 11.8 Å². The third-order valence-corrected chi connectivity index (χ3v) is 2.54. The number of halogens is 6. The summed E-state index contributed by atoms with van der Waals surface area (Å²) in [5.74, 6) is -0.508. The van der Waals surface area contributed by atoms with Gasteiger partial charge in [-0.3, -0.25) is 0 Å². The third kappa shape index (κ3) is 3.35. The molecule has 0 radical (unpaired) electrons. The quantitative estimate of drug-likeness (QED) is 0.856. The molecule has 0 bridgehead atoms. The molecule has 3 nitrogen and oxygen atoms in total. The topological polar surface area (TPSA) is 46.3 Å². The molecule has 0 aliphatic heterocycles. The molecule has 2 aromatic rings. The fourth-order valence-corrected chi connectivity index (χ4v) is 1.59.